The van der Waals surface area contributed by atoms with Crippen molar-refractivity contribution in [2.45, 2.75) is 6.92 Å². The summed E-state index contributed by atoms with van der Waals surface area (Å²) in [5, 5.41) is 0. The Morgan fingerprint density at radius 3 is 2.10 bits per heavy atom. The van der Waals surface area contributed by atoms with Gasteiger partial charge in [-0.2, -0.15) is 0 Å². The van der Waals surface area contributed by atoms with Gasteiger partial charge in [-0.1, -0.05) is 60.7 Å². The zero-order valence-electron chi connectivity index (χ0n) is 16.5. The topological polar surface area (TPSA) is 61.2 Å². The van der Waals surface area contributed by atoms with E-state index in [0.717, 1.165) is 16.9 Å². The molecule has 0 atom stereocenters. The predicted molar refractivity (Wildman–Crippen MR) is 115 cm³/mol. The third-order valence-electron chi connectivity index (χ3n) is 4.71. The summed E-state index contributed by atoms with van der Waals surface area (Å²) in [5.41, 5.74) is 3.48. The van der Waals surface area contributed by atoms with Gasteiger partial charge in [-0.15, -0.1) is 0 Å². The van der Waals surface area contributed by atoms with E-state index < -0.39 is 0 Å². The van der Waals surface area contributed by atoms with E-state index >= 15 is 0 Å². The van der Waals surface area contributed by atoms with Crippen molar-refractivity contribution in [1.29, 1.82) is 0 Å². The van der Waals surface area contributed by atoms with Crippen LogP contribution in [0.4, 0.5) is 0 Å². The van der Waals surface area contributed by atoms with Crippen LogP contribution >= 0.6 is 0 Å². The summed E-state index contributed by atoms with van der Waals surface area (Å²) < 4.78 is 6.88. The van der Waals surface area contributed by atoms with Crippen molar-refractivity contribution in [3.05, 3.63) is 108 Å². The first-order valence-electron chi connectivity index (χ1n) is 9.69. The lowest BCUT2D eigenvalue weighted by Crippen LogP contribution is -2.12. The number of carbonyl (C=O) groups is 2. The second-order valence-corrected chi connectivity index (χ2v) is 6.63. The number of benzene rings is 3. The molecule has 0 fully saturated rings. The van der Waals surface area contributed by atoms with Crippen molar-refractivity contribution in [3.8, 4) is 16.9 Å². The molecule has 0 spiro atoms. The van der Waals surface area contributed by atoms with Gasteiger partial charge in [0.15, 0.2) is 5.82 Å². The van der Waals surface area contributed by atoms with Crippen molar-refractivity contribution in [2.24, 2.45) is 0 Å². The first-order chi connectivity index (χ1) is 14.7. The van der Waals surface area contributed by atoms with Crippen molar-refractivity contribution < 1.29 is 14.3 Å². The van der Waals surface area contributed by atoms with Gasteiger partial charge in [0.1, 0.15) is 0 Å². The molecule has 0 radical (unpaired) electrons. The third-order valence-corrected chi connectivity index (χ3v) is 4.71. The number of aromatic nitrogens is 2. The fourth-order valence-corrected chi connectivity index (χ4v) is 3.27. The second kappa shape index (κ2) is 8.57. The number of hydrogen-bond donors (Lipinski definition) is 0. The largest absolute Gasteiger partial charge is 0.462 e. The van der Waals surface area contributed by atoms with Crippen LogP contribution in [0, 0.1) is 0 Å². The summed E-state index contributed by atoms with van der Waals surface area (Å²) in [4.78, 5) is 29.6. The minimum Gasteiger partial charge on any atom is -0.462 e. The Morgan fingerprint density at radius 1 is 0.833 bits per heavy atom. The summed E-state index contributed by atoms with van der Waals surface area (Å²) in [6.07, 6.45) is 1.70. The molecule has 4 rings (SSSR count). The summed E-state index contributed by atoms with van der Waals surface area (Å²) >= 11 is 0. The lowest BCUT2D eigenvalue weighted by Gasteiger charge is -2.13. The molecule has 0 bridgehead atoms. The Labute approximate surface area is 174 Å². The quantitative estimate of drug-likeness (QED) is 0.342. The summed E-state index contributed by atoms with van der Waals surface area (Å²) in [6, 6.07) is 25.8. The molecule has 0 aliphatic carbocycles. The summed E-state index contributed by atoms with van der Waals surface area (Å²) in [5.74, 6) is -0.241. The van der Waals surface area contributed by atoms with Crippen LogP contribution in [0.2, 0.25) is 0 Å². The highest BCUT2D eigenvalue weighted by Gasteiger charge is 2.21. The van der Waals surface area contributed by atoms with Crippen LogP contribution in [0.25, 0.3) is 16.9 Å². The molecule has 0 aliphatic heterocycles. The van der Waals surface area contributed by atoms with E-state index in [1.165, 1.54) is 0 Å². The number of ether oxygens (including phenoxy) is 1. The van der Waals surface area contributed by atoms with Crippen molar-refractivity contribution >= 4 is 11.8 Å². The fourth-order valence-electron chi connectivity index (χ4n) is 3.27. The standard InChI is InChI=1S/C25H20N2O3/c1-2-30-25(29)20-13-15-21(16-14-20)27-22(18-9-5-3-6-10-18)17-26-24(27)23(28)19-11-7-4-8-12-19/h3-17H,2H2,1H3. The van der Waals surface area contributed by atoms with Crippen LogP contribution in [-0.2, 0) is 4.74 Å². The number of carbonyl (C=O) groups excluding carboxylic acids is 2. The average Bonchev–Trinajstić information content (AvgIpc) is 3.25. The molecular formula is C25H20N2O3. The second-order valence-electron chi connectivity index (χ2n) is 6.63. The van der Waals surface area contributed by atoms with Gasteiger partial charge in [0.05, 0.1) is 24.1 Å². The monoisotopic (exact) mass is 396 g/mol. The number of imidazole rings is 1. The molecule has 1 aromatic heterocycles. The van der Waals surface area contributed by atoms with Gasteiger partial charge in [-0.05, 0) is 31.2 Å². The van der Waals surface area contributed by atoms with Crippen LogP contribution in [0.3, 0.4) is 0 Å². The molecule has 0 aliphatic rings. The molecule has 4 aromatic rings. The molecular weight excluding hydrogens is 376 g/mol. The molecule has 0 amide bonds. The summed E-state index contributed by atoms with van der Waals surface area (Å²) in [7, 11) is 0. The molecule has 0 unspecified atom stereocenters. The van der Waals surface area contributed by atoms with Gasteiger partial charge in [-0.25, -0.2) is 9.78 Å². The maximum atomic E-state index is 13.2. The SMILES string of the molecule is CCOC(=O)c1ccc(-n2c(-c3ccccc3)cnc2C(=O)c2ccccc2)cc1. The predicted octanol–water partition coefficient (Wildman–Crippen LogP) is 4.95. The molecule has 30 heavy (non-hydrogen) atoms. The van der Waals surface area contributed by atoms with Crippen molar-refractivity contribution in [1.82, 2.24) is 9.55 Å². The van der Waals surface area contributed by atoms with E-state index in [4.69, 9.17) is 4.74 Å². The Balaban J connectivity index is 1.83. The van der Waals surface area contributed by atoms with E-state index in [1.54, 1.807) is 49.5 Å². The van der Waals surface area contributed by atoms with Gasteiger partial charge < -0.3 is 4.74 Å². The van der Waals surface area contributed by atoms with Gasteiger partial charge in [0.2, 0.25) is 5.78 Å². The smallest absolute Gasteiger partial charge is 0.338 e. The van der Waals surface area contributed by atoms with Crippen LogP contribution in [-0.4, -0.2) is 27.9 Å². The van der Waals surface area contributed by atoms with Gasteiger partial charge in [0, 0.05) is 16.8 Å². The highest BCUT2D eigenvalue weighted by atomic mass is 16.5. The average molecular weight is 396 g/mol. The lowest BCUT2D eigenvalue weighted by atomic mass is 10.1. The van der Waals surface area contributed by atoms with Gasteiger partial charge in [-0.3, -0.25) is 9.36 Å². The highest BCUT2D eigenvalue weighted by molar-refractivity contribution is 6.07. The van der Waals surface area contributed by atoms with Crippen LogP contribution in [0.5, 0.6) is 0 Å². The van der Waals surface area contributed by atoms with Gasteiger partial charge >= 0.3 is 5.97 Å². The number of rotatable bonds is 6. The minimum atomic E-state index is -0.376. The number of nitrogens with zero attached hydrogens (tertiary/aromatic N) is 2. The zero-order valence-corrected chi connectivity index (χ0v) is 16.5. The third kappa shape index (κ3) is 3.78. The van der Waals surface area contributed by atoms with Crippen molar-refractivity contribution in [3.63, 3.8) is 0 Å². The van der Waals surface area contributed by atoms with E-state index in [1.807, 2.05) is 53.1 Å². The maximum absolute atomic E-state index is 13.2. The highest BCUT2D eigenvalue weighted by Crippen LogP contribution is 2.26. The molecule has 148 valence electrons. The van der Waals surface area contributed by atoms with Crippen LogP contribution in [0.15, 0.2) is 91.1 Å². The molecule has 5 nitrogen and oxygen atoms in total. The first-order valence-corrected chi connectivity index (χ1v) is 9.69. The van der Waals surface area contributed by atoms with E-state index in [-0.39, 0.29) is 11.8 Å². The van der Waals surface area contributed by atoms with Crippen molar-refractivity contribution in [2.75, 3.05) is 6.61 Å². The number of ketones is 1. The van der Waals surface area contributed by atoms with Crippen LogP contribution in [0.1, 0.15) is 33.5 Å². The zero-order chi connectivity index (χ0) is 20.9. The van der Waals surface area contributed by atoms with Gasteiger partial charge in [0.25, 0.3) is 0 Å². The molecule has 3 aromatic carbocycles. The maximum Gasteiger partial charge on any atom is 0.338 e. The number of hydrogen-bond acceptors (Lipinski definition) is 4. The Kier molecular flexibility index (Phi) is 5.52. The fraction of sp³-hybridized carbons (Fsp3) is 0.0800. The van der Waals surface area contributed by atoms with E-state index in [9.17, 15) is 9.59 Å². The normalized spacial score (nSPS) is 10.6. The molecule has 0 saturated carbocycles. The van der Waals surface area contributed by atoms with E-state index in [2.05, 4.69) is 4.98 Å². The lowest BCUT2D eigenvalue weighted by molar-refractivity contribution is 0.0526. The first kappa shape index (κ1) is 19.3. The Bertz CT molecular complexity index is 1160. The number of esters is 1. The minimum absolute atomic E-state index is 0.174. The van der Waals surface area contributed by atoms with E-state index in [0.29, 0.717) is 23.6 Å². The molecule has 0 saturated heterocycles. The van der Waals surface area contributed by atoms with Crippen LogP contribution < -0.4 is 0 Å². The molecule has 1 heterocycles. The Morgan fingerprint density at radius 2 is 1.47 bits per heavy atom. The molecule has 5 heteroatoms. The molecule has 0 N–H and O–H groups in total. The summed E-state index contributed by atoms with van der Waals surface area (Å²) in [6.45, 7) is 2.08. The Hall–Kier alpha value is -3.99.